The number of carbonyl (C=O) groups excluding carboxylic acids is 1. The first kappa shape index (κ1) is 17.0. The Bertz CT molecular complexity index is 452. The summed E-state index contributed by atoms with van der Waals surface area (Å²) in [5.74, 6) is 1.04. The summed E-state index contributed by atoms with van der Waals surface area (Å²) in [7, 11) is 0. The zero-order valence-corrected chi connectivity index (χ0v) is 14.2. The molecule has 0 saturated carbocycles. The molecule has 1 N–H and O–H groups in total. The highest BCUT2D eigenvalue weighted by Crippen LogP contribution is 2.17. The first-order chi connectivity index (χ1) is 10.6. The molecule has 0 bridgehead atoms. The first-order valence-electron chi connectivity index (χ1n) is 8.62. The molecule has 3 nitrogen and oxygen atoms in total. The van der Waals surface area contributed by atoms with Crippen molar-refractivity contribution in [2.75, 3.05) is 19.6 Å². The number of nitrogens with zero attached hydrogens (tertiary/aromatic N) is 1. The molecule has 1 amide bonds. The second-order valence-corrected chi connectivity index (χ2v) is 6.90. The van der Waals surface area contributed by atoms with Gasteiger partial charge in [-0.2, -0.15) is 0 Å². The topological polar surface area (TPSA) is 32.3 Å². The summed E-state index contributed by atoms with van der Waals surface area (Å²) in [6.45, 7) is 9.64. The molecule has 0 aliphatic carbocycles. The van der Waals surface area contributed by atoms with Crippen LogP contribution in [-0.2, 0) is 11.2 Å². The molecule has 1 aliphatic heterocycles. The summed E-state index contributed by atoms with van der Waals surface area (Å²) in [5.41, 5.74) is 1.23. The van der Waals surface area contributed by atoms with E-state index in [2.05, 4.69) is 36.2 Å². The molecular formula is C19H30N2O. The maximum atomic E-state index is 12.3. The zero-order chi connectivity index (χ0) is 15.9. The van der Waals surface area contributed by atoms with Crippen molar-refractivity contribution in [2.24, 2.45) is 11.8 Å². The van der Waals surface area contributed by atoms with Gasteiger partial charge in [0.2, 0.25) is 5.91 Å². The lowest BCUT2D eigenvalue weighted by molar-refractivity contribution is -0.124. The fourth-order valence-corrected chi connectivity index (χ4v) is 3.08. The van der Waals surface area contributed by atoms with Gasteiger partial charge in [-0.05, 0) is 50.8 Å². The van der Waals surface area contributed by atoms with Crippen molar-refractivity contribution in [3.63, 3.8) is 0 Å². The fraction of sp³-hybridized carbons (Fsp3) is 0.632. The van der Waals surface area contributed by atoms with Gasteiger partial charge in [0, 0.05) is 18.5 Å². The molecule has 3 heteroatoms. The number of likely N-dealkylation sites (tertiary alicyclic amines) is 1. The van der Waals surface area contributed by atoms with Crippen LogP contribution in [0, 0.1) is 11.8 Å². The third-order valence-corrected chi connectivity index (χ3v) is 4.85. The normalized spacial score (nSPS) is 19.6. The lowest BCUT2D eigenvalue weighted by Gasteiger charge is -2.35. The smallest absolute Gasteiger partial charge is 0.223 e. The van der Waals surface area contributed by atoms with E-state index < -0.39 is 0 Å². The molecule has 1 heterocycles. The Morgan fingerprint density at radius 2 is 1.86 bits per heavy atom. The molecule has 1 saturated heterocycles. The minimum absolute atomic E-state index is 0.0241. The average Bonchev–Trinajstić information content (AvgIpc) is 2.53. The highest BCUT2D eigenvalue weighted by Gasteiger charge is 2.21. The predicted molar refractivity (Wildman–Crippen MR) is 91.8 cm³/mol. The van der Waals surface area contributed by atoms with E-state index in [1.165, 1.54) is 18.4 Å². The van der Waals surface area contributed by atoms with E-state index in [0.717, 1.165) is 32.0 Å². The van der Waals surface area contributed by atoms with Crippen LogP contribution in [0.2, 0.25) is 0 Å². The predicted octanol–water partition coefficient (Wildman–Crippen LogP) is 3.10. The average molecular weight is 302 g/mol. The van der Waals surface area contributed by atoms with Crippen molar-refractivity contribution >= 4 is 5.91 Å². The molecule has 2 rings (SSSR count). The lowest BCUT2D eigenvalue weighted by Crippen LogP contribution is -2.46. The molecule has 0 spiro atoms. The van der Waals surface area contributed by atoms with E-state index in [1.54, 1.807) is 0 Å². The molecule has 122 valence electrons. The van der Waals surface area contributed by atoms with Gasteiger partial charge in [0.1, 0.15) is 0 Å². The van der Waals surface area contributed by atoms with Crippen LogP contribution in [0.1, 0.15) is 39.2 Å². The molecule has 1 aromatic rings. The number of rotatable bonds is 6. The molecule has 1 aromatic carbocycles. The fourth-order valence-electron chi connectivity index (χ4n) is 3.08. The molecular weight excluding hydrogens is 272 g/mol. The highest BCUT2D eigenvalue weighted by molar-refractivity contribution is 5.78. The highest BCUT2D eigenvalue weighted by atomic mass is 16.1. The van der Waals surface area contributed by atoms with E-state index in [0.29, 0.717) is 6.04 Å². The van der Waals surface area contributed by atoms with Crippen LogP contribution in [0.5, 0.6) is 0 Å². The summed E-state index contributed by atoms with van der Waals surface area (Å²) < 4.78 is 0. The first-order valence-corrected chi connectivity index (χ1v) is 8.62. The maximum absolute atomic E-state index is 12.3. The van der Waals surface area contributed by atoms with E-state index in [-0.39, 0.29) is 11.8 Å². The molecule has 1 aliphatic rings. The van der Waals surface area contributed by atoms with Gasteiger partial charge in [-0.1, -0.05) is 44.2 Å². The number of piperidine rings is 1. The van der Waals surface area contributed by atoms with E-state index in [4.69, 9.17) is 0 Å². The molecule has 1 fully saturated rings. The number of nitrogens with one attached hydrogen (secondary N) is 1. The maximum Gasteiger partial charge on any atom is 0.223 e. The van der Waals surface area contributed by atoms with Crippen LogP contribution in [-0.4, -0.2) is 36.5 Å². The van der Waals surface area contributed by atoms with Gasteiger partial charge in [-0.15, -0.1) is 0 Å². The van der Waals surface area contributed by atoms with Crippen LogP contribution in [0.25, 0.3) is 0 Å². The largest absolute Gasteiger partial charge is 0.354 e. The van der Waals surface area contributed by atoms with Crippen LogP contribution in [0.4, 0.5) is 0 Å². The third-order valence-electron chi connectivity index (χ3n) is 4.85. The minimum Gasteiger partial charge on any atom is -0.354 e. The molecule has 22 heavy (non-hydrogen) atoms. The number of benzene rings is 1. The Hall–Kier alpha value is -1.35. The van der Waals surface area contributed by atoms with Gasteiger partial charge in [0.25, 0.3) is 0 Å². The van der Waals surface area contributed by atoms with E-state index in [1.807, 2.05) is 25.1 Å². The zero-order valence-electron chi connectivity index (χ0n) is 14.2. The van der Waals surface area contributed by atoms with E-state index in [9.17, 15) is 4.79 Å². The van der Waals surface area contributed by atoms with Crippen molar-refractivity contribution in [3.8, 4) is 0 Å². The third kappa shape index (κ3) is 5.13. The van der Waals surface area contributed by atoms with Crippen molar-refractivity contribution < 1.29 is 4.79 Å². The summed E-state index contributed by atoms with van der Waals surface area (Å²) in [5, 5.41) is 3.13. The second kappa shape index (κ2) is 8.33. The Balaban J connectivity index is 1.72. The standard InChI is InChI=1S/C19H30N2O/c1-15-9-11-21(12-10-15)17(3)14-20-19(22)16(2)13-18-7-5-4-6-8-18/h4-8,15-17H,9-14H2,1-3H3,(H,20,22). The van der Waals surface area contributed by atoms with Crippen molar-refractivity contribution in [1.82, 2.24) is 10.2 Å². The Kier molecular flexibility index (Phi) is 6.44. The van der Waals surface area contributed by atoms with Gasteiger partial charge >= 0.3 is 0 Å². The molecule has 2 atom stereocenters. The van der Waals surface area contributed by atoms with Crippen LogP contribution < -0.4 is 5.32 Å². The number of hydrogen-bond acceptors (Lipinski definition) is 2. The van der Waals surface area contributed by atoms with E-state index >= 15 is 0 Å². The van der Waals surface area contributed by atoms with Crippen LogP contribution >= 0.6 is 0 Å². The number of carbonyl (C=O) groups is 1. The molecule has 0 aromatic heterocycles. The minimum atomic E-state index is 0.0241. The summed E-state index contributed by atoms with van der Waals surface area (Å²) >= 11 is 0. The molecule has 2 unspecified atom stereocenters. The summed E-state index contributed by atoms with van der Waals surface area (Å²) in [6, 6.07) is 10.7. The van der Waals surface area contributed by atoms with Gasteiger partial charge in [0.05, 0.1) is 0 Å². The van der Waals surface area contributed by atoms with Crippen molar-refractivity contribution in [1.29, 1.82) is 0 Å². The van der Waals surface area contributed by atoms with Gasteiger partial charge in [0.15, 0.2) is 0 Å². The number of hydrogen-bond donors (Lipinski definition) is 1. The van der Waals surface area contributed by atoms with Crippen molar-refractivity contribution in [3.05, 3.63) is 35.9 Å². The van der Waals surface area contributed by atoms with Gasteiger partial charge < -0.3 is 5.32 Å². The molecule has 0 radical (unpaired) electrons. The van der Waals surface area contributed by atoms with Crippen LogP contribution in [0.3, 0.4) is 0 Å². The summed E-state index contributed by atoms with van der Waals surface area (Å²) in [6.07, 6.45) is 3.37. The van der Waals surface area contributed by atoms with Crippen molar-refractivity contribution in [2.45, 2.75) is 46.1 Å². The number of amides is 1. The quantitative estimate of drug-likeness (QED) is 0.876. The Morgan fingerprint density at radius 3 is 2.50 bits per heavy atom. The Labute approximate surface area is 135 Å². The van der Waals surface area contributed by atoms with Gasteiger partial charge in [-0.25, -0.2) is 0 Å². The van der Waals surface area contributed by atoms with Crippen LogP contribution in [0.15, 0.2) is 30.3 Å². The second-order valence-electron chi connectivity index (χ2n) is 6.90. The monoisotopic (exact) mass is 302 g/mol. The van der Waals surface area contributed by atoms with Gasteiger partial charge in [-0.3, -0.25) is 9.69 Å². The summed E-state index contributed by atoms with van der Waals surface area (Å²) in [4.78, 5) is 14.8. The SMILES string of the molecule is CC1CCN(C(C)CNC(=O)C(C)Cc2ccccc2)CC1. The Morgan fingerprint density at radius 1 is 1.23 bits per heavy atom. The lowest BCUT2D eigenvalue weighted by atomic mass is 9.98.